The Labute approximate surface area is 167 Å². The Bertz CT molecular complexity index is 891. The quantitative estimate of drug-likeness (QED) is 0.469. The summed E-state index contributed by atoms with van der Waals surface area (Å²) in [6, 6.07) is 5.23. The van der Waals surface area contributed by atoms with Gasteiger partial charge in [-0.25, -0.2) is 8.78 Å². The molecule has 0 bridgehead atoms. The summed E-state index contributed by atoms with van der Waals surface area (Å²) >= 11 is 0. The molecule has 0 N–H and O–H groups in total. The van der Waals surface area contributed by atoms with E-state index in [1.807, 2.05) is 0 Å². The molecule has 0 spiro atoms. The van der Waals surface area contributed by atoms with Crippen LogP contribution in [0.1, 0.15) is 63.4 Å². The van der Waals surface area contributed by atoms with Crippen molar-refractivity contribution in [3.8, 4) is 5.75 Å². The summed E-state index contributed by atoms with van der Waals surface area (Å²) in [5.41, 5.74) is 0.815. The molecule has 2 fully saturated rings. The van der Waals surface area contributed by atoms with Crippen LogP contribution in [0.5, 0.6) is 5.75 Å². The minimum atomic E-state index is -5.03. The van der Waals surface area contributed by atoms with E-state index in [-0.39, 0.29) is 11.3 Å². The summed E-state index contributed by atoms with van der Waals surface area (Å²) in [5.74, 6) is -0.733. The van der Waals surface area contributed by atoms with E-state index < -0.39 is 29.1 Å². The van der Waals surface area contributed by atoms with E-state index >= 15 is 0 Å². The average molecular weight is 412 g/mol. The van der Waals surface area contributed by atoms with Crippen LogP contribution in [0.25, 0.3) is 10.8 Å². The number of hydrogen-bond donors (Lipinski definition) is 0. The number of fused-ring (bicyclic) bond motifs is 2. The average Bonchev–Trinajstić information content (AvgIpc) is 2.68. The molecule has 6 heteroatoms. The second-order valence-electron chi connectivity index (χ2n) is 8.64. The normalized spacial score (nSPS) is 27.7. The number of alkyl halides is 3. The Hall–Kier alpha value is -1.85. The van der Waals surface area contributed by atoms with Crippen LogP contribution >= 0.6 is 0 Å². The molecule has 0 heterocycles. The first-order valence-electron chi connectivity index (χ1n) is 10.4. The van der Waals surface area contributed by atoms with Crippen LogP contribution in [0.4, 0.5) is 22.0 Å². The van der Waals surface area contributed by atoms with Crippen molar-refractivity contribution in [1.29, 1.82) is 0 Å². The zero-order chi connectivity index (χ0) is 20.8. The molecule has 2 aliphatic carbocycles. The maximum atomic E-state index is 14.7. The van der Waals surface area contributed by atoms with E-state index in [0.717, 1.165) is 42.7 Å². The van der Waals surface area contributed by atoms with Gasteiger partial charge in [-0.05, 0) is 78.9 Å². The van der Waals surface area contributed by atoms with Crippen molar-refractivity contribution < 1.29 is 26.7 Å². The summed E-state index contributed by atoms with van der Waals surface area (Å²) in [6.45, 7) is 2.25. The second kappa shape index (κ2) is 7.77. The summed E-state index contributed by atoms with van der Waals surface area (Å²) in [5, 5.41) is -0.184. The van der Waals surface area contributed by atoms with Crippen LogP contribution in [0, 0.1) is 29.4 Å². The van der Waals surface area contributed by atoms with E-state index in [4.69, 9.17) is 0 Å². The molecule has 2 aromatic rings. The molecule has 2 aliphatic rings. The SMILES string of the molecule is CCC1CCC2CC(c3cc(F)c4c(F)c(OC(F)(F)F)ccc4c3)CCC2C1. The van der Waals surface area contributed by atoms with Crippen molar-refractivity contribution in [3.63, 3.8) is 0 Å². The second-order valence-corrected chi connectivity index (χ2v) is 8.64. The van der Waals surface area contributed by atoms with E-state index in [0.29, 0.717) is 5.92 Å². The van der Waals surface area contributed by atoms with Crippen molar-refractivity contribution in [2.75, 3.05) is 0 Å². The van der Waals surface area contributed by atoms with Crippen LogP contribution < -0.4 is 4.74 Å². The lowest BCUT2D eigenvalue weighted by Crippen LogP contribution is -2.30. The smallest absolute Gasteiger partial charge is 0.403 e. The topological polar surface area (TPSA) is 9.23 Å². The summed E-state index contributed by atoms with van der Waals surface area (Å²) in [4.78, 5) is 0. The minimum absolute atomic E-state index is 0.211. The van der Waals surface area contributed by atoms with Gasteiger partial charge in [-0.15, -0.1) is 13.2 Å². The van der Waals surface area contributed by atoms with Gasteiger partial charge in [0.05, 0.1) is 5.39 Å². The van der Waals surface area contributed by atoms with Gasteiger partial charge in [0.25, 0.3) is 0 Å². The van der Waals surface area contributed by atoms with Crippen molar-refractivity contribution >= 4 is 10.8 Å². The van der Waals surface area contributed by atoms with Crippen LogP contribution in [0.15, 0.2) is 24.3 Å². The fraction of sp³-hybridized carbons (Fsp3) is 0.565. The van der Waals surface area contributed by atoms with Crippen molar-refractivity contribution in [3.05, 3.63) is 41.5 Å². The molecule has 0 aliphatic heterocycles. The van der Waals surface area contributed by atoms with E-state index in [1.54, 1.807) is 6.07 Å². The highest BCUT2D eigenvalue weighted by Gasteiger charge is 2.36. The third-order valence-corrected chi connectivity index (χ3v) is 6.99. The molecular formula is C23H25F5O. The maximum absolute atomic E-state index is 14.7. The lowest BCUT2D eigenvalue weighted by atomic mass is 9.63. The molecular weight excluding hydrogens is 387 g/mol. The van der Waals surface area contributed by atoms with Gasteiger partial charge in [-0.3, -0.25) is 0 Å². The first kappa shape index (κ1) is 20.4. The monoisotopic (exact) mass is 412 g/mol. The standard InChI is InChI=1S/C23H25F5O/c1-2-13-3-4-15-10-16(6-5-14(15)9-13)18-11-17-7-8-20(29-23(26,27)28)22(25)21(17)19(24)12-18/h7-8,11-16H,2-6,9-10H2,1H3. The highest BCUT2D eigenvalue weighted by molar-refractivity contribution is 5.86. The fourth-order valence-corrected chi connectivity index (χ4v) is 5.47. The molecule has 4 atom stereocenters. The Morgan fingerprint density at radius 2 is 1.69 bits per heavy atom. The van der Waals surface area contributed by atoms with Gasteiger partial charge in [-0.1, -0.05) is 31.9 Å². The molecule has 4 rings (SSSR count). The Morgan fingerprint density at radius 3 is 2.41 bits per heavy atom. The van der Waals surface area contributed by atoms with Gasteiger partial charge in [0.2, 0.25) is 0 Å². The van der Waals surface area contributed by atoms with Crippen LogP contribution in [-0.2, 0) is 0 Å². The number of rotatable bonds is 3. The molecule has 0 radical (unpaired) electrons. The van der Waals surface area contributed by atoms with Gasteiger partial charge < -0.3 is 4.74 Å². The van der Waals surface area contributed by atoms with Crippen molar-refractivity contribution in [2.45, 2.75) is 64.1 Å². The summed E-state index contributed by atoms with van der Waals surface area (Å²) < 4.78 is 70.2. The Kier molecular flexibility index (Phi) is 5.47. The molecule has 4 unspecified atom stereocenters. The van der Waals surface area contributed by atoms with Gasteiger partial charge in [0.15, 0.2) is 11.6 Å². The van der Waals surface area contributed by atoms with Gasteiger partial charge in [-0.2, -0.15) is 0 Å². The lowest BCUT2D eigenvalue weighted by molar-refractivity contribution is -0.275. The summed E-state index contributed by atoms with van der Waals surface area (Å²) in [6.07, 6.45) is 3.05. The molecule has 0 amide bonds. The third-order valence-electron chi connectivity index (χ3n) is 6.99. The first-order valence-corrected chi connectivity index (χ1v) is 10.4. The molecule has 2 aromatic carbocycles. The van der Waals surface area contributed by atoms with Crippen LogP contribution in [0.2, 0.25) is 0 Å². The highest BCUT2D eigenvalue weighted by atomic mass is 19.4. The van der Waals surface area contributed by atoms with Crippen LogP contribution in [-0.4, -0.2) is 6.36 Å². The van der Waals surface area contributed by atoms with Crippen LogP contribution in [0.3, 0.4) is 0 Å². The van der Waals surface area contributed by atoms with E-state index in [1.165, 1.54) is 37.8 Å². The Balaban J connectivity index is 1.59. The first-order chi connectivity index (χ1) is 13.7. The zero-order valence-corrected chi connectivity index (χ0v) is 16.4. The highest BCUT2D eigenvalue weighted by Crippen LogP contribution is 2.48. The van der Waals surface area contributed by atoms with Gasteiger partial charge in [0, 0.05) is 0 Å². The molecule has 2 saturated carbocycles. The predicted octanol–water partition coefficient (Wildman–Crippen LogP) is 7.73. The molecule has 158 valence electrons. The number of hydrogen-bond acceptors (Lipinski definition) is 1. The molecule has 0 saturated heterocycles. The molecule has 0 aromatic heterocycles. The van der Waals surface area contributed by atoms with E-state index in [2.05, 4.69) is 11.7 Å². The summed E-state index contributed by atoms with van der Waals surface area (Å²) in [7, 11) is 0. The largest absolute Gasteiger partial charge is 0.573 e. The molecule has 29 heavy (non-hydrogen) atoms. The third kappa shape index (κ3) is 4.22. The van der Waals surface area contributed by atoms with Gasteiger partial charge >= 0.3 is 6.36 Å². The number of halogens is 5. The maximum Gasteiger partial charge on any atom is 0.573 e. The minimum Gasteiger partial charge on any atom is -0.403 e. The predicted molar refractivity (Wildman–Crippen MR) is 102 cm³/mol. The fourth-order valence-electron chi connectivity index (χ4n) is 5.47. The Morgan fingerprint density at radius 1 is 0.966 bits per heavy atom. The number of ether oxygens (including phenoxy) is 1. The lowest BCUT2D eigenvalue weighted by Gasteiger charge is -2.42. The van der Waals surface area contributed by atoms with Crippen molar-refractivity contribution in [1.82, 2.24) is 0 Å². The van der Waals surface area contributed by atoms with E-state index in [9.17, 15) is 22.0 Å². The van der Waals surface area contributed by atoms with Gasteiger partial charge in [0.1, 0.15) is 5.82 Å². The number of benzene rings is 2. The van der Waals surface area contributed by atoms with Crippen molar-refractivity contribution in [2.24, 2.45) is 17.8 Å². The molecule has 1 nitrogen and oxygen atoms in total. The zero-order valence-electron chi connectivity index (χ0n) is 16.4.